The summed E-state index contributed by atoms with van der Waals surface area (Å²) in [6, 6.07) is 11.3. The van der Waals surface area contributed by atoms with Gasteiger partial charge in [0.25, 0.3) is 0 Å². The van der Waals surface area contributed by atoms with Crippen LogP contribution in [0.1, 0.15) is 22.3 Å². The summed E-state index contributed by atoms with van der Waals surface area (Å²) >= 11 is 7.83. The summed E-state index contributed by atoms with van der Waals surface area (Å²) in [7, 11) is 0. The minimum atomic E-state index is -0.288. The Morgan fingerprint density at radius 2 is 2.17 bits per heavy atom. The number of amides is 1. The molecule has 1 atom stereocenters. The van der Waals surface area contributed by atoms with Gasteiger partial charge in [-0.25, -0.2) is 0 Å². The van der Waals surface area contributed by atoms with Crippen LogP contribution in [0, 0.1) is 12.8 Å². The molecule has 1 unspecified atom stereocenters. The minimum Gasteiger partial charge on any atom is -0.325 e. The molecule has 1 saturated heterocycles. The lowest BCUT2D eigenvalue weighted by Gasteiger charge is -2.35. The van der Waals surface area contributed by atoms with Crippen LogP contribution in [0.2, 0.25) is 5.02 Å². The Bertz CT molecular complexity index is 1020. The van der Waals surface area contributed by atoms with Crippen LogP contribution in [0.5, 0.6) is 0 Å². The normalized spacial score (nSPS) is 18.7. The summed E-state index contributed by atoms with van der Waals surface area (Å²) < 4.78 is 0. The van der Waals surface area contributed by atoms with Gasteiger partial charge in [0.2, 0.25) is 5.91 Å². The van der Waals surface area contributed by atoms with E-state index in [0.29, 0.717) is 35.8 Å². The maximum Gasteiger partial charge on any atom is 0.238 e. The van der Waals surface area contributed by atoms with Gasteiger partial charge in [-0.2, -0.15) is 0 Å². The van der Waals surface area contributed by atoms with Crippen LogP contribution in [0.15, 0.2) is 46.3 Å². The number of benzene rings is 2. The second kappa shape index (κ2) is 8.30. The fraction of sp³-hybridized carbons (Fsp3) is 0.318. The van der Waals surface area contributed by atoms with Crippen LogP contribution in [-0.4, -0.2) is 48.2 Å². The summed E-state index contributed by atoms with van der Waals surface area (Å²) in [6.07, 6.45) is 2.68. The molecule has 29 heavy (non-hydrogen) atoms. The molecule has 2 heterocycles. The van der Waals surface area contributed by atoms with E-state index in [0.717, 1.165) is 21.9 Å². The average Bonchev–Trinajstić information content (AvgIpc) is 2.71. The quantitative estimate of drug-likeness (QED) is 0.724. The van der Waals surface area contributed by atoms with Crippen molar-refractivity contribution in [3.05, 3.63) is 52.5 Å². The number of aliphatic imine (C=N–C) groups is 1. The molecule has 2 aromatic carbocycles. The van der Waals surface area contributed by atoms with Crippen LogP contribution in [0.3, 0.4) is 0 Å². The molecule has 2 aliphatic heterocycles. The molecule has 150 valence electrons. The zero-order valence-electron chi connectivity index (χ0n) is 16.4. The van der Waals surface area contributed by atoms with E-state index in [4.69, 9.17) is 16.6 Å². The molecule has 0 radical (unpaired) electrons. The number of thioether (sulfide) groups is 1. The Hall–Kier alpha value is -2.15. The van der Waals surface area contributed by atoms with Gasteiger partial charge >= 0.3 is 0 Å². The number of hydrogen-bond donors (Lipinski definition) is 1. The number of piperidine rings is 1. The predicted octanol–water partition coefficient (Wildman–Crippen LogP) is 4.60. The summed E-state index contributed by atoms with van der Waals surface area (Å²) in [5, 5.41) is 3.58. The van der Waals surface area contributed by atoms with Crippen molar-refractivity contribution in [2.75, 3.05) is 31.2 Å². The molecule has 0 aromatic heterocycles. The number of rotatable bonds is 4. The molecular formula is C22H22ClN3O2S. The Labute approximate surface area is 179 Å². The highest BCUT2D eigenvalue weighted by atomic mass is 35.5. The van der Waals surface area contributed by atoms with Gasteiger partial charge < -0.3 is 5.32 Å². The monoisotopic (exact) mass is 427 g/mol. The van der Waals surface area contributed by atoms with Gasteiger partial charge in [0.1, 0.15) is 0 Å². The number of fused-ring (bicyclic) bond motifs is 2. The summed E-state index contributed by atoms with van der Waals surface area (Å²) in [5.74, 6) is -0.290. The average molecular weight is 428 g/mol. The molecule has 0 bridgehead atoms. The van der Waals surface area contributed by atoms with Crippen molar-refractivity contribution in [1.82, 2.24) is 4.90 Å². The smallest absolute Gasteiger partial charge is 0.238 e. The van der Waals surface area contributed by atoms with Crippen LogP contribution >= 0.6 is 23.4 Å². The SMILES string of the molecule is CSc1cccc(NC(=O)CN2CCC3=Nc4c(ccc(Cl)c4C)C(=O)C3C2)c1. The number of halogens is 1. The van der Waals surface area contributed by atoms with E-state index >= 15 is 0 Å². The standard InChI is InChI=1S/C22H22ClN3O2S/c1-13-18(23)7-6-16-21(13)25-19-8-9-26(11-17(19)22(16)28)12-20(27)24-14-4-3-5-15(10-14)29-2/h3-7,10,17H,8-9,11-12H2,1-2H3,(H,24,27). The molecule has 1 amide bonds. The molecule has 4 rings (SSSR count). The number of carbonyl (C=O) groups excluding carboxylic acids is 2. The van der Waals surface area contributed by atoms with Gasteiger partial charge in [-0.15, -0.1) is 11.8 Å². The van der Waals surface area contributed by atoms with Crippen LogP contribution in [0.4, 0.5) is 11.4 Å². The minimum absolute atomic E-state index is 0.0718. The lowest BCUT2D eigenvalue weighted by molar-refractivity contribution is -0.117. The third-order valence-electron chi connectivity index (χ3n) is 5.45. The van der Waals surface area contributed by atoms with Crippen molar-refractivity contribution in [2.45, 2.75) is 18.2 Å². The fourth-order valence-corrected chi connectivity index (χ4v) is 4.48. The van der Waals surface area contributed by atoms with Crippen molar-refractivity contribution >= 4 is 52.1 Å². The van der Waals surface area contributed by atoms with Gasteiger partial charge in [0.05, 0.1) is 18.2 Å². The second-order valence-electron chi connectivity index (χ2n) is 7.35. The molecule has 1 N–H and O–H groups in total. The molecule has 2 aromatic rings. The number of carbonyl (C=O) groups is 2. The van der Waals surface area contributed by atoms with E-state index < -0.39 is 0 Å². The van der Waals surface area contributed by atoms with E-state index in [1.54, 1.807) is 23.9 Å². The lowest BCUT2D eigenvalue weighted by Crippen LogP contribution is -2.47. The maximum absolute atomic E-state index is 13.1. The number of likely N-dealkylation sites (tertiary alicyclic amines) is 1. The van der Waals surface area contributed by atoms with Crippen molar-refractivity contribution in [2.24, 2.45) is 10.9 Å². The van der Waals surface area contributed by atoms with Gasteiger partial charge in [0, 0.05) is 40.0 Å². The Morgan fingerprint density at radius 3 is 2.97 bits per heavy atom. The van der Waals surface area contributed by atoms with E-state index in [1.807, 2.05) is 42.3 Å². The van der Waals surface area contributed by atoms with Gasteiger partial charge in [-0.05, 0) is 55.5 Å². The molecule has 0 spiro atoms. The first kappa shape index (κ1) is 20.1. The van der Waals surface area contributed by atoms with Gasteiger partial charge in [-0.1, -0.05) is 17.7 Å². The van der Waals surface area contributed by atoms with Crippen molar-refractivity contribution in [3.63, 3.8) is 0 Å². The molecule has 1 fully saturated rings. The Morgan fingerprint density at radius 1 is 1.34 bits per heavy atom. The second-order valence-corrected chi connectivity index (χ2v) is 8.64. The number of ketones is 1. The van der Waals surface area contributed by atoms with E-state index in [9.17, 15) is 9.59 Å². The Kier molecular flexibility index (Phi) is 5.76. The summed E-state index contributed by atoms with van der Waals surface area (Å²) in [5.41, 5.74) is 3.86. The first-order valence-electron chi connectivity index (χ1n) is 9.53. The van der Waals surface area contributed by atoms with Gasteiger partial charge in [0.15, 0.2) is 5.78 Å². The third kappa shape index (κ3) is 4.10. The predicted molar refractivity (Wildman–Crippen MR) is 119 cm³/mol. The van der Waals surface area contributed by atoms with Crippen molar-refractivity contribution in [1.29, 1.82) is 0 Å². The number of nitrogens with one attached hydrogen (secondary N) is 1. The zero-order chi connectivity index (χ0) is 20.5. The van der Waals surface area contributed by atoms with Crippen molar-refractivity contribution in [3.8, 4) is 0 Å². The van der Waals surface area contributed by atoms with Crippen LogP contribution < -0.4 is 5.32 Å². The molecule has 0 aliphatic carbocycles. The number of nitrogens with zero attached hydrogens (tertiary/aromatic N) is 2. The summed E-state index contributed by atoms with van der Waals surface area (Å²) in [4.78, 5) is 33.5. The van der Waals surface area contributed by atoms with E-state index in [1.165, 1.54) is 0 Å². The highest BCUT2D eigenvalue weighted by molar-refractivity contribution is 7.98. The maximum atomic E-state index is 13.1. The van der Waals surface area contributed by atoms with Gasteiger partial charge in [-0.3, -0.25) is 19.5 Å². The van der Waals surface area contributed by atoms with E-state index in [-0.39, 0.29) is 24.2 Å². The zero-order valence-corrected chi connectivity index (χ0v) is 17.9. The van der Waals surface area contributed by atoms with Crippen molar-refractivity contribution < 1.29 is 9.59 Å². The first-order chi connectivity index (χ1) is 14.0. The largest absolute Gasteiger partial charge is 0.325 e. The molecule has 2 aliphatic rings. The van der Waals surface area contributed by atoms with E-state index in [2.05, 4.69) is 5.32 Å². The molecule has 5 nitrogen and oxygen atoms in total. The molecule has 0 saturated carbocycles. The molecular weight excluding hydrogens is 406 g/mol. The first-order valence-corrected chi connectivity index (χ1v) is 11.1. The topological polar surface area (TPSA) is 61.8 Å². The number of anilines is 1. The number of hydrogen-bond acceptors (Lipinski definition) is 5. The third-order valence-corrected chi connectivity index (χ3v) is 6.58. The number of Topliss-reactive ketones (excluding diaryl/α,β-unsaturated/α-hetero) is 1. The highest BCUT2D eigenvalue weighted by Gasteiger charge is 2.36. The Balaban J connectivity index is 1.45. The molecule has 7 heteroatoms. The summed E-state index contributed by atoms with van der Waals surface area (Å²) in [6.45, 7) is 3.37. The van der Waals surface area contributed by atoms with Crippen LogP contribution in [-0.2, 0) is 4.79 Å². The highest BCUT2D eigenvalue weighted by Crippen LogP contribution is 2.37. The van der Waals surface area contributed by atoms with Crippen LogP contribution in [0.25, 0.3) is 0 Å². The fourth-order valence-electron chi connectivity index (χ4n) is 3.87. The lowest BCUT2D eigenvalue weighted by atomic mass is 9.84.